The zero-order valence-electron chi connectivity index (χ0n) is 12.7. The number of alkyl carbamates (subject to hydrolysis) is 1. The van der Waals surface area contributed by atoms with E-state index in [1.807, 2.05) is 20.8 Å². The third kappa shape index (κ3) is 13.3. The molecule has 0 aliphatic rings. The fourth-order valence-corrected chi connectivity index (χ4v) is 1.76. The zero-order chi connectivity index (χ0) is 13.9. The van der Waals surface area contributed by atoms with E-state index in [9.17, 15) is 4.79 Å². The minimum atomic E-state index is -0.399. The van der Waals surface area contributed by atoms with Crippen molar-refractivity contribution in [2.24, 2.45) is 0 Å². The predicted molar refractivity (Wildman–Crippen MR) is 76.8 cm³/mol. The lowest BCUT2D eigenvalue weighted by molar-refractivity contribution is 0.0527. The maximum Gasteiger partial charge on any atom is 0.407 e. The third-order valence-electron chi connectivity index (χ3n) is 2.70. The maximum absolute atomic E-state index is 11.3. The SMILES string of the molecule is CCCCCCCCCCNC(=O)OC(C)(C)C. The quantitative estimate of drug-likeness (QED) is 0.610. The van der Waals surface area contributed by atoms with E-state index in [0.29, 0.717) is 0 Å². The first-order chi connectivity index (χ1) is 8.45. The van der Waals surface area contributed by atoms with E-state index < -0.39 is 5.60 Å². The number of nitrogens with one attached hydrogen (secondary N) is 1. The highest BCUT2D eigenvalue weighted by Crippen LogP contribution is 2.08. The van der Waals surface area contributed by atoms with E-state index in [4.69, 9.17) is 4.74 Å². The second-order valence-electron chi connectivity index (χ2n) is 5.90. The molecule has 0 aliphatic heterocycles. The Morgan fingerprint density at radius 3 is 1.94 bits per heavy atom. The lowest BCUT2D eigenvalue weighted by atomic mass is 10.1. The van der Waals surface area contributed by atoms with E-state index in [1.165, 1.54) is 44.9 Å². The van der Waals surface area contributed by atoms with Crippen molar-refractivity contribution in [3.05, 3.63) is 0 Å². The van der Waals surface area contributed by atoms with Gasteiger partial charge in [0.2, 0.25) is 0 Å². The van der Waals surface area contributed by atoms with Crippen LogP contribution in [0.2, 0.25) is 0 Å². The first kappa shape index (κ1) is 17.3. The summed E-state index contributed by atoms with van der Waals surface area (Å²) in [5.41, 5.74) is -0.399. The molecule has 108 valence electrons. The summed E-state index contributed by atoms with van der Waals surface area (Å²) < 4.78 is 5.16. The summed E-state index contributed by atoms with van der Waals surface area (Å²) in [6, 6.07) is 0. The van der Waals surface area contributed by atoms with Crippen molar-refractivity contribution in [3.63, 3.8) is 0 Å². The molecule has 3 heteroatoms. The molecule has 0 saturated carbocycles. The van der Waals surface area contributed by atoms with E-state index in [-0.39, 0.29) is 6.09 Å². The first-order valence-electron chi connectivity index (χ1n) is 7.42. The molecule has 0 radical (unpaired) electrons. The molecule has 0 fully saturated rings. The number of amides is 1. The van der Waals surface area contributed by atoms with Crippen molar-refractivity contribution in [1.29, 1.82) is 0 Å². The summed E-state index contributed by atoms with van der Waals surface area (Å²) in [4.78, 5) is 11.3. The van der Waals surface area contributed by atoms with Crippen molar-refractivity contribution in [2.45, 2.75) is 84.7 Å². The van der Waals surface area contributed by atoms with Crippen LogP contribution in [0.3, 0.4) is 0 Å². The van der Waals surface area contributed by atoms with Crippen molar-refractivity contribution in [1.82, 2.24) is 5.32 Å². The molecule has 0 aromatic heterocycles. The molecule has 1 amide bonds. The van der Waals surface area contributed by atoms with E-state index in [2.05, 4.69) is 12.2 Å². The Bertz CT molecular complexity index is 209. The lowest BCUT2D eigenvalue weighted by Crippen LogP contribution is -2.32. The van der Waals surface area contributed by atoms with E-state index in [0.717, 1.165) is 13.0 Å². The number of carbonyl (C=O) groups is 1. The van der Waals surface area contributed by atoms with Crippen LogP contribution in [0.4, 0.5) is 4.79 Å². The Hall–Kier alpha value is -0.730. The predicted octanol–water partition coefficient (Wildman–Crippen LogP) is 4.65. The highest BCUT2D eigenvalue weighted by molar-refractivity contribution is 5.67. The largest absolute Gasteiger partial charge is 0.444 e. The van der Waals surface area contributed by atoms with Crippen molar-refractivity contribution in [2.75, 3.05) is 6.54 Å². The molecule has 0 aromatic carbocycles. The van der Waals surface area contributed by atoms with Crippen molar-refractivity contribution in [3.8, 4) is 0 Å². The van der Waals surface area contributed by atoms with Gasteiger partial charge in [-0.25, -0.2) is 4.79 Å². The minimum Gasteiger partial charge on any atom is -0.444 e. The van der Waals surface area contributed by atoms with Crippen LogP contribution in [0.5, 0.6) is 0 Å². The summed E-state index contributed by atoms with van der Waals surface area (Å²) >= 11 is 0. The van der Waals surface area contributed by atoms with Crippen LogP contribution in [0.1, 0.15) is 79.1 Å². The molecule has 0 bridgehead atoms. The molecule has 3 nitrogen and oxygen atoms in total. The third-order valence-corrected chi connectivity index (χ3v) is 2.70. The van der Waals surface area contributed by atoms with Gasteiger partial charge in [-0.3, -0.25) is 0 Å². The molecule has 18 heavy (non-hydrogen) atoms. The average molecular weight is 257 g/mol. The van der Waals surface area contributed by atoms with Crippen LogP contribution in [0, 0.1) is 0 Å². The molecule has 0 spiro atoms. The average Bonchev–Trinajstić information content (AvgIpc) is 2.24. The Morgan fingerprint density at radius 1 is 0.944 bits per heavy atom. The van der Waals surface area contributed by atoms with Crippen LogP contribution in [0.25, 0.3) is 0 Å². The second kappa shape index (κ2) is 10.2. The summed E-state index contributed by atoms with van der Waals surface area (Å²) in [6.07, 6.45) is 9.94. The van der Waals surface area contributed by atoms with Gasteiger partial charge in [0.1, 0.15) is 5.60 Å². The lowest BCUT2D eigenvalue weighted by Gasteiger charge is -2.19. The van der Waals surface area contributed by atoms with Gasteiger partial charge in [0.15, 0.2) is 0 Å². The Kier molecular flexibility index (Phi) is 9.80. The maximum atomic E-state index is 11.3. The van der Waals surface area contributed by atoms with Crippen LogP contribution in [0.15, 0.2) is 0 Å². The molecule has 0 rings (SSSR count). The summed E-state index contributed by atoms with van der Waals surface area (Å²) in [6.45, 7) is 8.60. The minimum absolute atomic E-state index is 0.301. The standard InChI is InChI=1S/C15H31NO2/c1-5-6-7-8-9-10-11-12-13-16-14(17)18-15(2,3)4/h5-13H2,1-4H3,(H,16,17). The molecule has 1 N–H and O–H groups in total. The monoisotopic (exact) mass is 257 g/mol. The van der Waals surface area contributed by atoms with Crippen molar-refractivity contribution < 1.29 is 9.53 Å². The Balaban J connectivity index is 3.23. The summed E-state index contributed by atoms with van der Waals surface area (Å²) in [7, 11) is 0. The van der Waals surface area contributed by atoms with Gasteiger partial charge >= 0.3 is 6.09 Å². The molecule has 0 aliphatic carbocycles. The smallest absolute Gasteiger partial charge is 0.407 e. The molecule has 0 unspecified atom stereocenters. The molecular weight excluding hydrogens is 226 g/mol. The number of carbonyl (C=O) groups excluding carboxylic acids is 1. The molecule has 0 atom stereocenters. The topological polar surface area (TPSA) is 38.3 Å². The van der Waals surface area contributed by atoms with Gasteiger partial charge < -0.3 is 10.1 Å². The van der Waals surface area contributed by atoms with Gasteiger partial charge in [-0.15, -0.1) is 0 Å². The van der Waals surface area contributed by atoms with Gasteiger partial charge in [0.05, 0.1) is 0 Å². The molecule has 0 aromatic rings. The van der Waals surface area contributed by atoms with Gasteiger partial charge in [-0.2, -0.15) is 0 Å². The van der Waals surface area contributed by atoms with Gasteiger partial charge in [-0.05, 0) is 27.2 Å². The van der Waals surface area contributed by atoms with Gasteiger partial charge in [-0.1, -0.05) is 51.9 Å². The van der Waals surface area contributed by atoms with E-state index in [1.54, 1.807) is 0 Å². The fraction of sp³-hybridized carbons (Fsp3) is 0.933. The van der Waals surface area contributed by atoms with Crippen LogP contribution in [-0.2, 0) is 4.74 Å². The number of unbranched alkanes of at least 4 members (excludes halogenated alkanes) is 7. The second-order valence-corrected chi connectivity index (χ2v) is 5.90. The summed E-state index contributed by atoms with van der Waals surface area (Å²) in [5.74, 6) is 0. The van der Waals surface area contributed by atoms with Crippen molar-refractivity contribution >= 4 is 6.09 Å². The summed E-state index contributed by atoms with van der Waals surface area (Å²) in [5, 5.41) is 2.79. The number of rotatable bonds is 9. The number of ether oxygens (including phenoxy) is 1. The molecular formula is C15H31NO2. The number of hydrogen-bond donors (Lipinski definition) is 1. The fourth-order valence-electron chi connectivity index (χ4n) is 1.76. The highest BCUT2D eigenvalue weighted by Gasteiger charge is 2.15. The van der Waals surface area contributed by atoms with Crippen LogP contribution >= 0.6 is 0 Å². The molecule has 0 saturated heterocycles. The van der Waals surface area contributed by atoms with Gasteiger partial charge in [0.25, 0.3) is 0 Å². The first-order valence-corrected chi connectivity index (χ1v) is 7.42. The van der Waals surface area contributed by atoms with Gasteiger partial charge in [0, 0.05) is 6.54 Å². The van der Waals surface area contributed by atoms with Crippen LogP contribution < -0.4 is 5.32 Å². The van der Waals surface area contributed by atoms with E-state index >= 15 is 0 Å². The Labute approximate surface area is 113 Å². The van der Waals surface area contributed by atoms with Crippen LogP contribution in [-0.4, -0.2) is 18.2 Å². The number of hydrogen-bond acceptors (Lipinski definition) is 2. The highest BCUT2D eigenvalue weighted by atomic mass is 16.6. The normalized spacial score (nSPS) is 11.3. The zero-order valence-corrected chi connectivity index (χ0v) is 12.7. The molecule has 0 heterocycles. The Morgan fingerprint density at radius 2 is 1.44 bits per heavy atom.